The van der Waals surface area contributed by atoms with Gasteiger partial charge in [-0.05, 0) is 17.7 Å². The number of benzene rings is 2. The summed E-state index contributed by atoms with van der Waals surface area (Å²) >= 11 is 0. The SMILES string of the molecule is COC(=O)C(CS(=O)(=O)c1ccccc1)c1ccccc1. The average Bonchev–Trinajstić information content (AvgIpc) is 2.53. The van der Waals surface area contributed by atoms with Crippen LogP contribution in [0.25, 0.3) is 0 Å². The van der Waals surface area contributed by atoms with Crippen LogP contribution in [-0.2, 0) is 19.4 Å². The third kappa shape index (κ3) is 3.70. The van der Waals surface area contributed by atoms with E-state index in [1.807, 2.05) is 6.07 Å². The second-order valence-corrected chi connectivity index (χ2v) is 6.62. The summed E-state index contributed by atoms with van der Waals surface area (Å²) in [5.41, 5.74) is 0.629. The van der Waals surface area contributed by atoms with E-state index in [0.717, 1.165) is 0 Å². The number of carbonyl (C=O) groups excluding carboxylic acids is 1. The molecule has 0 N–H and O–H groups in total. The fourth-order valence-electron chi connectivity index (χ4n) is 2.07. The molecular formula is C16H16O4S. The number of esters is 1. The Balaban J connectivity index is 2.34. The highest BCUT2D eigenvalue weighted by Crippen LogP contribution is 2.23. The number of rotatable bonds is 5. The van der Waals surface area contributed by atoms with Gasteiger partial charge in [0.1, 0.15) is 0 Å². The van der Waals surface area contributed by atoms with Gasteiger partial charge in [0.25, 0.3) is 0 Å². The van der Waals surface area contributed by atoms with E-state index in [4.69, 9.17) is 4.74 Å². The summed E-state index contributed by atoms with van der Waals surface area (Å²) in [4.78, 5) is 12.1. The molecule has 0 aliphatic rings. The van der Waals surface area contributed by atoms with Crippen molar-refractivity contribution in [1.29, 1.82) is 0 Å². The van der Waals surface area contributed by atoms with Gasteiger partial charge < -0.3 is 4.74 Å². The van der Waals surface area contributed by atoms with Crippen LogP contribution in [0.15, 0.2) is 65.6 Å². The Morgan fingerprint density at radius 1 is 1.00 bits per heavy atom. The predicted octanol–water partition coefficient (Wildman–Crippen LogP) is 2.42. The summed E-state index contributed by atoms with van der Waals surface area (Å²) in [5, 5.41) is 0. The van der Waals surface area contributed by atoms with Crippen LogP contribution in [0.1, 0.15) is 11.5 Å². The van der Waals surface area contributed by atoms with Crippen LogP contribution in [0.2, 0.25) is 0 Å². The molecule has 0 aliphatic heterocycles. The van der Waals surface area contributed by atoms with Gasteiger partial charge in [0.05, 0.1) is 23.7 Å². The fraction of sp³-hybridized carbons (Fsp3) is 0.188. The lowest BCUT2D eigenvalue weighted by atomic mass is 10.0. The minimum atomic E-state index is -3.56. The third-order valence-electron chi connectivity index (χ3n) is 3.18. The van der Waals surface area contributed by atoms with Gasteiger partial charge >= 0.3 is 5.97 Å². The van der Waals surface area contributed by atoms with Crippen LogP contribution in [-0.4, -0.2) is 27.2 Å². The van der Waals surface area contributed by atoms with Crippen LogP contribution in [0.3, 0.4) is 0 Å². The van der Waals surface area contributed by atoms with Crippen molar-refractivity contribution in [3.05, 3.63) is 66.2 Å². The van der Waals surface area contributed by atoms with Crippen molar-refractivity contribution >= 4 is 15.8 Å². The number of hydrogen-bond acceptors (Lipinski definition) is 4. The molecule has 1 atom stereocenters. The fourth-order valence-corrected chi connectivity index (χ4v) is 3.60. The molecule has 4 nitrogen and oxygen atoms in total. The first-order chi connectivity index (χ1) is 10.0. The molecule has 0 heterocycles. The largest absolute Gasteiger partial charge is 0.469 e. The van der Waals surface area contributed by atoms with Crippen molar-refractivity contribution in [2.24, 2.45) is 0 Å². The molecule has 5 heteroatoms. The van der Waals surface area contributed by atoms with Gasteiger partial charge in [-0.25, -0.2) is 8.42 Å². The van der Waals surface area contributed by atoms with Crippen molar-refractivity contribution in [2.75, 3.05) is 12.9 Å². The zero-order valence-electron chi connectivity index (χ0n) is 11.6. The Morgan fingerprint density at radius 2 is 1.52 bits per heavy atom. The van der Waals surface area contributed by atoms with Crippen LogP contribution in [0, 0.1) is 0 Å². The maximum Gasteiger partial charge on any atom is 0.314 e. The number of carbonyl (C=O) groups is 1. The van der Waals surface area contributed by atoms with Gasteiger partial charge in [0.15, 0.2) is 9.84 Å². The highest BCUT2D eigenvalue weighted by Gasteiger charge is 2.28. The highest BCUT2D eigenvalue weighted by atomic mass is 32.2. The zero-order valence-corrected chi connectivity index (χ0v) is 12.4. The zero-order chi connectivity index (χ0) is 15.3. The van der Waals surface area contributed by atoms with Gasteiger partial charge in [0.2, 0.25) is 0 Å². The van der Waals surface area contributed by atoms with Crippen molar-refractivity contribution < 1.29 is 17.9 Å². The summed E-state index contributed by atoms with van der Waals surface area (Å²) in [6.07, 6.45) is 0. The molecule has 110 valence electrons. The minimum absolute atomic E-state index is 0.204. The lowest BCUT2D eigenvalue weighted by molar-refractivity contribution is -0.141. The maximum atomic E-state index is 12.4. The molecule has 0 radical (unpaired) electrons. The Bertz CT molecular complexity index is 694. The van der Waals surface area contributed by atoms with E-state index in [2.05, 4.69) is 0 Å². The van der Waals surface area contributed by atoms with E-state index < -0.39 is 21.7 Å². The molecule has 21 heavy (non-hydrogen) atoms. The molecular weight excluding hydrogens is 288 g/mol. The van der Waals surface area contributed by atoms with Gasteiger partial charge in [-0.2, -0.15) is 0 Å². The topological polar surface area (TPSA) is 60.4 Å². The monoisotopic (exact) mass is 304 g/mol. The predicted molar refractivity (Wildman–Crippen MR) is 79.7 cm³/mol. The lowest BCUT2D eigenvalue weighted by Gasteiger charge is -2.15. The van der Waals surface area contributed by atoms with Gasteiger partial charge in [0, 0.05) is 0 Å². The van der Waals surface area contributed by atoms with E-state index in [0.29, 0.717) is 5.56 Å². The minimum Gasteiger partial charge on any atom is -0.469 e. The normalized spacial score (nSPS) is 12.6. The van der Waals surface area contributed by atoms with Gasteiger partial charge in [-0.3, -0.25) is 4.79 Å². The van der Waals surface area contributed by atoms with Crippen molar-refractivity contribution in [3.63, 3.8) is 0 Å². The van der Waals surface area contributed by atoms with Crippen LogP contribution in [0.5, 0.6) is 0 Å². The molecule has 0 saturated carbocycles. The number of ether oxygens (including phenoxy) is 1. The Morgan fingerprint density at radius 3 is 2.05 bits per heavy atom. The number of sulfone groups is 1. The second-order valence-electron chi connectivity index (χ2n) is 4.58. The molecule has 0 amide bonds. The van der Waals surface area contributed by atoms with Crippen LogP contribution in [0.4, 0.5) is 0 Å². The standard InChI is InChI=1S/C16H16O4S/c1-20-16(17)15(13-8-4-2-5-9-13)12-21(18,19)14-10-6-3-7-11-14/h2-11,15H,12H2,1H3. The Hall–Kier alpha value is -2.14. The Kier molecular flexibility index (Phi) is 4.75. The quantitative estimate of drug-likeness (QED) is 0.796. The second kappa shape index (κ2) is 6.54. The molecule has 2 aromatic rings. The molecule has 0 spiro atoms. The third-order valence-corrected chi connectivity index (χ3v) is 4.94. The van der Waals surface area contributed by atoms with E-state index in [1.165, 1.54) is 19.2 Å². The van der Waals surface area contributed by atoms with E-state index >= 15 is 0 Å². The smallest absolute Gasteiger partial charge is 0.314 e. The summed E-state index contributed by atoms with van der Waals surface area (Å²) in [6.45, 7) is 0. The molecule has 2 aromatic carbocycles. The van der Waals surface area contributed by atoms with Crippen molar-refractivity contribution in [2.45, 2.75) is 10.8 Å². The molecule has 0 aliphatic carbocycles. The lowest BCUT2D eigenvalue weighted by Crippen LogP contribution is -2.23. The Labute approximate surface area is 124 Å². The number of methoxy groups -OCH3 is 1. The van der Waals surface area contributed by atoms with Crippen molar-refractivity contribution in [3.8, 4) is 0 Å². The summed E-state index contributed by atoms with van der Waals surface area (Å²) in [5.74, 6) is -1.70. The summed E-state index contributed by atoms with van der Waals surface area (Å²) < 4.78 is 29.6. The molecule has 0 bridgehead atoms. The molecule has 0 saturated heterocycles. The van der Waals surface area contributed by atoms with Gasteiger partial charge in [-0.1, -0.05) is 48.5 Å². The van der Waals surface area contributed by atoms with E-state index in [1.54, 1.807) is 42.5 Å². The average molecular weight is 304 g/mol. The molecule has 0 aromatic heterocycles. The molecule has 2 rings (SSSR count). The van der Waals surface area contributed by atoms with Crippen LogP contribution >= 0.6 is 0 Å². The molecule has 1 unspecified atom stereocenters. The van der Waals surface area contributed by atoms with Gasteiger partial charge in [-0.15, -0.1) is 0 Å². The van der Waals surface area contributed by atoms with Crippen molar-refractivity contribution in [1.82, 2.24) is 0 Å². The van der Waals surface area contributed by atoms with E-state index in [9.17, 15) is 13.2 Å². The molecule has 0 fully saturated rings. The first-order valence-electron chi connectivity index (χ1n) is 6.45. The number of hydrogen-bond donors (Lipinski definition) is 0. The summed E-state index contributed by atoms with van der Waals surface area (Å²) in [6, 6.07) is 16.9. The first kappa shape index (κ1) is 15.3. The maximum absolute atomic E-state index is 12.4. The van der Waals surface area contributed by atoms with E-state index in [-0.39, 0.29) is 10.6 Å². The summed E-state index contributed by atoms with van der Waals surface area (Å²) in [7, 11) is -2.31. The van der Waals surface area contributed by atoms with Crippen LogP contribution < -0.4 is 0 Å². The first-order valence-corrected chi connectivity index (χ1v) is 8.10. The highest BCUT2D eigenvalue weighted by molar-refractivity contribution is 7.91.